The van der Waals surface area contributed by atoms with Gasteiger partial charge in [-0.15, -0.1) is 0 Å². The fraction of sp³-hybridized carbons (Fsp3) is 0.455. The van der Waals surface area contributed by atoms with Gasteiger partial charge in [-0.05, 0) is 32.4 Å². The van der Waals surface area contributed by atoms with Gasteiger partial charge in [-0.25, -0.2) is 0 Å². The van der Waals surface area contributed by atoms with Gasteiger partial charge >= 0.3 is 0 Å². The van der Waals surface area contributed by atoms with Crippen molar-refractivity contribution < 1.29 is 5.11 Å². The Morgan fingerprint density at radius 3 is 1.83 bits per heavy atom. The maximum absolute atomic E-state index is 9.09. The summed E-state index contributed by atoms with van der Waals surface area (Å²) in [5, 5.41) is 9.09. The van der Waals surface area contributed by atoms with Crippen LogP contribution in [0, 0.1) is 0 Å². The van der Waals surface area contributed by atoms with Crippen molar-refractivity contribution in [1.29, 1.82) is 0 Å². The van der Waals surface area contributed by atoms with E-state index < -0.39 is 0 Å². The Morgan fingerprint density at radius 2 is 1.58 bits per heavy atom. The molecule has 1 heteroatoms. The molecule has 0 rings (SSSR count). The highest BCUT2D eigenvalue weighted by atomic mass is 16.3. The number of hydrogen-bond acceptors (Lipinski definition) is 1. The van der Waals surface area contributed by atoms with E-state index in [9.17, 15) is 0 Å². The number of hydrogen-bond donors (Lipinski definition) is 1. The Morgan fingerprint density at radius 1 is 1.17 bits per heavy atom. The van der Waals surface area contributed by atoms with Crippen molar-refractivity contribution >= 4 is 0 Å². The molecule has 0 saturated heterocycles. The first-order chi connectivity index (χ1) is 5.57. The van der Waals surface area contributed by atoms with Gasteiger partial charge in [0.15, 0.2) is 0 Å². The Bertz CT molecular complexity index is 181. The van der Waals surface area contributed by atoms with Crippen LogP contribution in [0.1, 0.15) is 34.6 Å². The predicted octanol–water partition coefficient (Wildman–Crippen LogP) is 4.00. The molecule has 0 aromatic heterocycles. The van der Waals surface area contributed by atoms with E-state index in [1.54, 1.807) is 0 Å². The molecule has 0 aliphatic heterocycles. The van der Waals surface area contributed by atoms with Crippen LogP contribution in [-0.4, -0.2) is 5.11 Å². The highest BCUT2D eigenvalue weighted by Gasteiger charge is 1.89. The van der Waals surface area contributed by atoms with Crippen molar-refractivity contribution in [2.24, 2.45) is 0 Å². The van der Waals surface area contributed by atoms with E-state index in [1.807, 2.05) is 40.7 Å². The second kappa shape index (κ2) is 8.12. The summed E-state index contributed by atoms with van der Waals surface area (Å²) < 4.78 is 0. The van der Waals surface area contributed by atoms with Crippen LogP contribution in [0.4, 0.5) is 0 Å². The number of aliphatic hydroxyl groups is 1. The molecule has 0 unspecified atom stereocenters. The van der Waals surface area contributed by atoms with Gasteiger partial charge in [0.05, 0.1) is 0 Å². The van der Waals surface area contributed by atoms with Crippen molar-refractivity contribution in [3.8, 4) is 0 Å². The fourth-order valence-electron chi connectivity index (χ4n) is 0.668. The van der Waals surface area contributed by atoms with Crippen LogP contribution >= 0.6 is 0 Å². The first-order valence-corrected chi connectivity index (χ1v) is 4.25. The number of rotatable bonds is 2. The zero-order chi connectivity index (χ0) is 10.1. The van der Waals surface area contributed by atoms with Gasteiger partial charge in [0.1, 0.15) is 5.76 Å². The Hall–Kier alpha value is -0.980. The summed E-state index contributed by atoms with van der Waals surface area (Å²) in [6, 6.07) is 0. The van der Waals surface area contributed by atoms with Crippen molar-refractivity contribution in [2.75, 3.05) is 0 Å². The first kappa shape index (κ1) is 13.6. The second-order valence-electron chi connectivity index (χ2n) is 2.49. The molecule has 70 valence electrons. The van der Waals surface area contributed by atoms with Crippen molar-refractivity contribution in [2.45, 2.75) is 34.6 Å². The minimum atomic E-state index is 0.251. The lowest BCUT2D eigenvalue weighted by atomic mass is 10.2. The summed E-state index contributed by atoms with van der Waals surface area (Å²) in [5.74, 6) is 0.251. The number of allylic oxidation sites excluding steroid dienone is 4. The van der Waals surface area contributed by atoms with Crippen LogP contribution in [0.5, 0.6) is 0 Å². The molecule has 0 aromatic carbocycles. The van der Waals surface area contributed by atoms with E-state index in [2.05, 4.69) is 6.58 Å². The van der Waals surface area contributed by atoms with E-state index in [4.69, 9.17) is 5.11 Å². The van der Waals surface area contributed by atoms with Crippen LogP contribution < -0.4 is 0 Å². The Kier molecular flexibility index (Phi) is 9.20. The molecule has 12 heavy (non-hydrogen) atoms. The van der Waals surface area contributed by atoms with Gasteiger partial charge in [0.25, 0.3) is 0 Å². The van der Waals surface area contributed by atoms with Crippen molar-refractivity contribution in [3.63, 3.8) is 0 Å². The highest BCUT2D eigenvalue weighted by molar-refractivity contribution is 5.27. The van der Waals surface area contributed by atoms with Crippen LogP contribution in [0.3, 0.4) is 0 Å². The lowest BCUT2D eigenvalue weighted by Gasteiger charge is -1.95. The average Bonchev–Trinajstić information content (AvgIpc) is 2.05. The van der Waals surface area contributed by atoms with E-state index in [0.717, 1.165) is 5.57 Å². The van der Waals surface area contributed by atoms with Crippen molar-refractivity contribution in [1.82, 2.24) is 0 Å². The van der Waals surface area contributed by atoms with Gasteiger partial charge in [0, 0.05) is 0 Å². The molecule has 0 aliphatic carbocycles. The first-order valence-electron chi connectivity index (χ1n) is 4.25. The van der Waals surface area contributed by atoms with Gasteiger partial charge in [-0.3, -0.25) is 0 Å². The van der Waals surface area contributed by atoms with Crippen LogP contribution in [-0.2, 0) is 0 Å². The van der Waals surface area contributed by atoms with Crippen LogP contribution in [0.2, 0.25) is 0 Å². The predicted molar refractivity (Wildman–Crippen MR) is 56.3 cm³/mol. The molecule has 0 radical (unpaired) electrons. The summed E-state index contributed by atoms with van der Waals surface area (Å²) in [6.07, 6.45) is 3.35. The monoisotopic (exact) mass is 168 g/mol. The molecule has 1 N–H and O–H groups in total. The molecule has 0 amide bonds. The third-order valence-corrected chi connectivity index (χ3v) is 1.10. The van der Waals surface area contributed by atoms with Gasteiger partial charge in [0.2, 0.25) is 0 Å². The summed E-state index contributed by atoms with van der Waals surface area (Å²) >= 11 is 0. The van der Waals surface area contributed by atoms with Crippen molar-refractivity contribution in [3.05, 3.63) is 35.6 Å². The normalized spacial score (nSPS) is 10.4. The summed E-state index contributed by atoms with van der Waals surface area (Å²) in [7, 11) is 0. The highest BCUT2D eigenvalue weighted by Crippen LogP contribution is 2.05. The summed E-state index contributed by atoms with van der Waals surface area (Å²) in [6.45, 7) is 13.3. The maximum Gasteiger partial charge on any atom is 0.117 e. The molecule has 1 nitrogen and oxygen atoms in total. The molecule has 0 heterocycles. The van der Waals surface area contributed by atoms with Gasteiger partial charge in [-0.2, -0.15) is 0 Å². The summed E-state index contributed by atoms with van der Waals surface area (Å²) in [5.41, 5.74) is 2.03. The third-order valence-electron chi connectivity index (χ3n) is 1.10. The minimum Gasteiger partial charge on any atom is -0.508 e. The lowest BCUT2D eigenvalue weighted by Crippen LogP contribution is -1.79. The standard InChI is InChI=1S/C9H14O.C2H6/c1-5-9(10)8(4)6-7(2)3;1-2/h5-6,10H,1H2,2-4H3;1-2H3/b9-8+;. The molecule has 0 atom stereocenters. The van der Waals surface area contributed by atoms with E-state index in [1.165, 1.54) is 11.6 Å². The molecule has 0 fully saturated rings. The fourth-order valence-corrected chi connectivity index (χ4v) is 0.668. The molecule has 0 spiro atoms. The van der Waals surface area contributed by atoms with Crippen LogP contribution in [0.25, 0.3) is 0 Å². The molecule has 0 saturated carbocycles. The molecule has 0 aliphatic rings. The zero-order valence-electron chi connectivity index (χ0n) is 8.81. The smallest absolute Gasteiger partial charge is 0.117 e. The van der Waals surface area contributed by atoms with Gasteiger partial charge in [-0.1, -0.05) is 32.1 Å². The number of aliphatic hydroxyl groups excluding tert-OH is 1. The Labute approximate surface area is 76.1 Å². The van der Waals surface area contributed by atoms with Crippen LogP contribution in [0.15, 0.2) is 35.6 Å². The maximum atomic E-state index is 9.09. The SMILES string of the molecule is C=C/C(O)=C(/C)C=C(C)C.CC. The molecular weight excluding hydrogens is 148 g/mol. The molecule has 0 aromatic rings. The summed E-state index contributed by atoms with van der Waals surface area (Å²) in [4.78, 5) is 0. The lowest BCUT2D eigenvalue weighted by molar-refractivity contribution is 0.428. The van der Waals surface area contributed by atoms with E-state index in [-0.39, 0.29) is 5.76 Å². The molecule has 0 bridgehead atoms. The second-order valence-corrected chi connectivity index (χ2v) is 2.49. The van der Waals surface area contributed by atoms with E-state index >= 15 is 0 Å². The van der Waals surface area contributed by atoms with Gasteiger partial charge < -0.3 is 5.11 Å². The quantitative estimate of drug-likeness (QED) is 0.488. The largest absolute Gasteiger partial charge is 0.508 e. The third kappa shape index (κ3) is 7.13. The average molecular weight is 168 g/mol. The molecular formula is C11H20O. The Balaban J connectivity index is 0. The zero-order valence-corrected chi connectivity index (χ0v) is 8.81. The topological polar surface area (TPSA) is 20.2 Å². The minimum absolute atomic E-state index is 0.251. The van der Waals surface area contributed by atoms with E-state index in [0.29, 0.717) is 0 Å².